The number of aryl methyl sites for hydroxylation is 1. The van der Waals surface area contributed by atoms with E-state index in [0.29, 0.717) is 6.04 Å². The lowest BCUT2D eigenvalue weighted by molar-refractivity contribution is 0.153. The largest absolute Gasteiger partial charge is 0.309 e. The predicted octanol–water partition coefficient (Wildman–Crippen LogP) is 2.16. The number of hydrogen-bond acceptors (Lipinski definition) is 3. The van der Waals surface area contributed by atoms with Gasteiger partial charge in [-0.15, -0.1) is 0 Å². The van der Waals surface area contributed by atoms with Crippen LogP contribution in [-0.2, 0) is 6.42 Å². The Balaban J connectivity index is 1.46. The quantitative estimate of drug-likeness (QED) is 0.918. The number of nitrogens with one attached hydrogen (secondary N) is 1. The molecule has 110 valence electrons. The minimum absolute atomic E-state index is 0.523. The van der Waals surface area contributed by atoms with Crippen LogP contribution in [0.5, 0.6) is 0 Å². The molecule has 1 saturated heterocycles. The summed E-state index contributed by atoms with van der Waals surface area (Å²) in [6, 6.07) is 6.85. The maximum atomic E-state index is 6.06. The fourth-order valence-electron chi connectivity index (χ4n) is 3.27. The molecular formula is C16H24ClN3. The van der Waals surface area contributed by atoms with Crippen LogP contribution < -0.4 is 5.32 Å². The molecule has 0 radical (unpaired) electrons. The van der Waals surface area contributed by atoms with Gasteiger partial charge in [0.1, 0.15) is 0 Å². The zero-order valence-corrected chi connectivity index (χ0v) is 13.0. The van der Waals surface area contributed by atoms with Crippen molar-refractivity contribution in [2.24, 2.45) is 0 Å². The number of rotatable bonds is 4. The highest BCUT2D eigenvalue weighted by atomic mass is 35.5. The maximum absolute atomic E-state index is 6.06. The van der Waals surface area contributed by atoms with Crippen LogP contribution in [0, 0.1) is 0 Å². The fourth-order valence-corrected chi connectivity index (χ4v) is 3.46. The smallest absolute Gasteiger partial charge is 0.0408 e. The third-order valence-electron chi connectivity index (χ3n) is 4.60. The van der Waals surface area contributed by atoms with Crippen molar-refractivity contribution < 1.29 is 0 Å². The van der Waals surface area contributed by atoms with Crippen molar-refractivity contribution in [3.63, 3.8) is 0 Å². The summed E-state index contributed by atoms with van der Waals surface area (Å²) in [6.45, 7) is 7.04. The zero-order chi connectivity index (χ0) is 13.9. The standard InChI is InChI=1S/C16H24ClN3/c1-19-8-10-20(11-9-19)7-6-18-16-5-2-13-12-14(17)3-4-15(13)16/h3-4,12,16,18H,2,5-11H2,1H3. The van der Waals surface area contributed by atoms with Crippen molar-refractivity contribution in [3.8, 4) is 0 Å². The summed E-state index contributed by atoms with van der Waals surface area (Å²) in [4.78, 5) is 4.96. The molecular weight excluding hydrogens is 270 g/mol. The first-order valence-electron chi connectivity index (χ1n) is 7.65. The predicted molar refractivity (Wildman–Crippen MR) is 84.5 cm³/mol. The Hall–Kier alpha value is -0.610. The van der Waals surface area contributed by atoms with Crippen LogP contribution in [-0.4, -0.2) is 56.1 Å². The van der Waals surface area contributed by atoms with E-state index < -0.39 is 0 Å². The lowest BCUT2D eigenvalue weighted by atomic mass is 10.1. The highest BCUT2D eigenvalue weighted by Crippen LogP contribution is 2.32. The Morgan fingerprint density at radius 2 is 2.05 bits per heavy atom. The van der Waals surface area contributed by atoms with Crippen LogP contribution in [0.3, 0.4) is 0 Å². The molecule has 1 unspecified atom stereocenters. The first-order chi connectivity index (χ1) is 9.72. The fraction of sp³-hybridized carbons (Fsp3) is 0.625. The van der Waals surface area contributed by atoms with Gasteiger partial charge in [0, 0.05) is 50.3 Å². The van der Waals surface area contributed by atoms with E-state index in [2.05, 4.69) is 34.3 Å². The highest BCUT2D eigenvalue weighted by Gasteiger charge is 2.22. The monoisotopic (exact) mass is 293 g/mol. The van der Waals surface area contributed by atoms with Crippen molar-refractivity contribution in [3.05, 3.63) is 34.3 Å². The van der Waals surface area contributed by atoms with Gasteiger partial charge in [-0.05, 0) is 43.1 Å². The second kappa shape index (κ2) is 6.44. The maximum Gasteiger partial charge on any atom is 0.0408 e. The van der Waals surface area contributed by atoms with E-state index >= 15 is 0 Å². The van der Waals surface area contributed by atoms with Crippen molar-refractivity contribution in [2.75, 3.05) is 46.3 Å². The molecule has 0 amide bonds. The molecule has 1 fully saturated rings. The molecule has 3 rings (SSSR count). The summed E-state index contributed by atoms with van der Waals surface area (Å²) >= 11 is 6.06. The van der Waals surface area contributed by atoms with Gasteiger partial charge in [-0.3, -0.25) is 4.90 Å². The molecule has 0 bridgehead atoms. The number of benzene rings is 1. The molecule has 4 heteroatoms. The molecule has 3 nitrogen and oxygen atoms in total. The van der Waals surface area contributed by atoms with Crippen molar-refractivity contribution in [1.82, 2.24) is 15.1 Å². The molecule has 1 aromatic rings. The lowest BCUT2D eigenvalue weighted by Crippen LogP contribution is -2.46. The van der Waals surface area contributed by atoms with E-state index in [1.54, 1.807) is 0 Å². The summed E-state index contributed by atoms with van der Waals surface area (Å²) < 4.78 is 0. The van der Waals surface area contributed by atoms with E-state index in [9.17, 15) is 0 Å². The van der Waals surface area contributed by atoms with Gasteiger partial charge in [0.05, 0.1) is 0 Å². The molecule has 1 aromatic carbocycles. The average molecular weight is 294 g/mol. The van der Waals surface area contributed by atoms with E-state index in [-0.39, 0.29) is 0 Å². The number of hydrogen-bond donors (Lipinski definition) is 1. The van der Waals surface area contributed by atoms with Crippen LogP contribution >= 0.6 is 11.6 Å². The van der Waals surface area contributed by atoms with Crippen LogP contribution in [0.25, 0.3) is 0 Å². The molecule has 1 N–H and O–H groups in total. The second-order valence-corrected chi connectivity index (χ2v) is 6.47. The van der Waals surface area contributed by atoms with Gasteiger partial charge in [0.2, 0.25) is 0 Å². The summed E-state index contributed by atoms with van der Waals surface area (Å²) in [7, 11) is 2.20. The van der Waals surface area contributed by atoms with Crippen LogP contribution in [0.2, 0.25) is 5.02 Å². The first-order valence-corrected chi connectivity index (χ1v) is 8.03. The number of halogens is 1. The van der Waals surface area contributed by atoms with Gasteiger partial charge in [0.15, 0.2) is 0 Å². The normalized spacial score (nSPS) is 24.0. The van der Waals surface area contributed by atoms with E-state index in [0.717, 1.165) is 24.5 Å². The summed E-state index contributed by atoms with van der Waals surface area (Å²) in [6.07, 6.45) is 2.36. The highest BCUT2D eigenvalue weighted by molar-refractivity contribution is 6.30. The van der Waals surface area contributed by atoms with Gasteiger partial charge in [-0.1, -0.05) is 17.7 Å². The van der Waals surface area contributed by atoms with Gasteiger partial charge in [0.25, 0.3) is 0 Å². The average Bonchev–Trinajstić information content (AvgIpc) is 2.83. The minimum atomic E-state index is 0.523. The molecule has 0 saturated carbocycles. The van der Waals surface area contributed by atoms with Crippen molar-refractivity contribution in [2.45, 2.75) is 18.9 Å². The lowest BCUT2D eigenvalue weighted by Gasteiger charge is -2.32. The van der Waals surface area contributed by atoms with Gasteiger partial charge < -0.3 is 10.2 Å². The Kier molecular flexibility index (Phi) is 4.61. The topological polar surface area (TPSA) is 18.5 Å². The summed E-state index contributed by atoms with van der Waals surface area (Å²) in [5, 5.41) is 4.58. The Morgan fingerprint density at radius 1 is 1.25 bits per heavy atom. The molecule has 20 heavy (non-hydrogen) atoms. The van der Waals surface area contributed by atoms with Gasteiger partial charge >= 0.3 is 0 Å². The van der Waals surface area contributed by atoms with Crippen molar-refractivity contribution in [1.29, 1.82) is 0 Å². The van der Waals surface area contributed by atoms with E-state index in [1.165, 1.54) is 43.7 Å². The zero-order valence-electron chi connectivity index (χ0n) is 12.2. The van der Waals surface area contributed by atoms with Crippen molar-refractivity contribution >= 4 is 11.6 Å². The number of piperazine rings is 1. The molecule has 0 aromatic heterocycles. The molecule has 1 atom stereocenters. The number of nitrogens with zero attached hydrogens (tertiary/aromatic N) is 2. The van der Waals surface area contributed by atoms with Gasteiger partial charge in [-0.25, -0.2) is 0 Å². The van der Waals surface area contributed by atoms with Crippen LogP contribution in [0.1, 0.15) is 23.6 Å². The summed E-state index contributed by atoms with van der Waals surface area (Å²) in [5.74, 6) is 0. The molecule has 1 aliphatic heterocycles. The Labute approximate surface area is 126 Å². The number of fused-ring (bicyclic) bond motifs is 1. The summed E-state index contributed by atoms with van der Waals surface area (Å²) in [5.41, 5.74) is 2.88. The molecule has 0 spiro atoms. The third kappa shape index (κ3) is 3.34. The number of likely N-dealkylation sites (N-methyl/N-ethyl adjacent to an activating group) is 1. The van der Waals surface area contributed by atoms with E-state index in [1.807, 2.05) is 6.07 Å². The molecule has 1 aliphatic carbocycles. The van der Waals surface area contributed by atoms with E-state index in [4.69, 9.17) is 11.6 Å². The first kappa shape index (κ1) is 14.3. The van der Waals surface area contributed by atoms with Crippen LogP contribution in [0.4, 0.5) is 0 Å². The Morgan fingerprint density at radius 3 is 2.85 bits per heavy atom. The van der Waals surface area contributed by atoms with Crippen LogP contribution in [0.15, 0.2) is 18.2 Å². The second-order valence-electron chi connectivity index (χ2n) is 6.03. The third-order valence-corrected chi connectivity index (χ3v) is 4.83. The molecule has 2 aliphatic rings. The molecule has 1 heterocycles. The SMILES string of the molecule is CN1CCN(CCNC2CCc3cc(Cl)ccc32)CC1. The minimum Gasteiger partial charge on any atom is -0.309 e. The van der Waals surface area contributed by atoms with Gasteiger partial charge in [-0.2, -0.15) is 0 Å². The Bertz CT molecular complexity index is 455.